The molecule has 0 saturated carbocycles. The van der Waals surface area contributed by atoms with Gasteiger partial charge in [0.05, 0.1) is 29.8 Å². The van der Waals surface area contributed by atoms with Crippen LogP contribution in [-0.2, 0) is 25.7 Å². The zero-order valence-electron chi connectivity index (χ0n) is 17.0. The highest BCUT2D eigenvalue weighted by Gasteiger charge is 2.29. The third kappa shape index (κ3) is 5.22. The van der Waals surface area contributed by atoms with Gasteiger partial charge in [0.1, 0.15) is 6.54 Å². The lowest BCUT2D eigenvalue weighted by molar-refractivity contribution is -0.151. The molecular formula is C21H26N4O5. The van der Waals surface area contributed by atoms with Crippen molar-refractivity contribution in [3.8, 4) is 0 Å². The fraction of sp³-hybridized carbons (Fsp3) is 0.476. The lowest BCUT2D eigenvalue weighted by Crippen LogP contribution is -2.44. The van der Waals surface area contributed by atoms with Crippen molar-refractivity contribution in [2.24, 2.45) is 5.92 Å². The lowest BCUT2D eigenvalue weighted by atomic mass is 9.98. The molecule has 0 spiro atoms. The van der Waals surface area contributed by atoms with Gasteiger partial charge in [0.15, 0.2) is 0 Å². The molecular weight excluding hydrogens is 388 g/mol. The van der Waals surface area contributed by atoms with Crippen LogP contribution in [0.25, 0.3) is 10.9 Å². The average molecular weight is 414 g/mol. The van der Waals surface area contributed by atoms with Crippen LogP contribution in [0.1, 0.15) is 26.2 Å². The van der Waals surface area contributed by atoms with Gasteiger partial charge in [-0.3, -0.25) is 23.7 Å². The maximum atomic E-state index is 12.4. The standard InChI is InChI=1S/C21H26N4O5/c1-2-30-21(29)15-6-5-11-24(12-15)19(27)9-10-22-18(26)13-25-14-23-17-8-4-3-7-16(17)20(25)28/h3-4,7-8,14-15H,2,5-6,9-13H2,1H3,(H,22,26). The molecule has 1 fully saturated rings. The first-order chi connectivity index (χ1) is 14.5. The fourth-order valence-electron chi connectivity index (χ4n) is 3.55. The van der Waals surface area contributed by atoms with Crippen LogP contribution in [0.5, 0.6) is 0 Å². The van der Waals surface area contributed by atoms with Gasteiger partial charge in [0, 0.05) is 26.1 Å². The Morgan fingerprint density at radius 3 is 2.87 bits per heavy atom. The van der Waals surface area contributed by atoms with E-state index in [1.807, 2.05) is 0 Å². The molecule has 2 amide bonds. The van der Waals surface area contributed by atoms with Crippen molar-refractivity contribution in [3.05, 3.63) is 40.9 Å². The number of hydrogen-bond donors (Lipinski definition) is 1. The molecule has 1 unspecified atom stereocenters. The highest BCUT2D eigenvalue weighted by atomic mass is 16.5. The number of hydrogen-bond acceptors (Lipinski definition) is 6. The Morgan fingerprint density at radius 2 is 2.07 bits per heavy atom. The van der Waals surface area contributed by atoms with Gasteiger partial charge in [0.25, 0.3) is 5.56 Å². The Bertz CT molecular complexity index is 987. The SMILES string of the molecule is CCOC(=O)C1CCCN(C(=O)CCNC(=O)Cn2cnc3ccccc3c2=O)C1. The number of carbonyl (C=O) groups excluding carboxylic acids is 3. The molecule has 2 aromatic rings. The van der Waals surface area contributed by atoms with E-state index in [1.165, 1.54) is 10.9 Å². The molecule has 160 valence electrons. The minimum atomic E-state index is -0.370. The number of nitrogens with zero attached hydrogens (tertiary/aromatic N) is 3. The van der Waals surface area contributed by atoms with Gasteiger partial charge in [-0.05, 0) is 31.9 Å². The number of benzene rings is 1. The summed E-state index contributed by atoms with van der Waals surface area (Å²) in [6.07, 6.45) is 2.94. The van der Waals surface area contributed by atoms with Crippen molar-refractivity contribution in [3.63, 3.8) is 0 Å². The van der Waals surface area contributed by atoms with Crippen LogP contribution in [0.3, 0.4) is 0 Å². The first kappa shape index (κ1) is 21.5. The quantitative estimate of drug-likeness (QED) is 0.668. The number of amides is 2. The molecule has 0 radical (unpaired) electrons. The maximum absolute atomic E-state index is 12.4. The summed E-state index contributed by atoms with van der Waals surface area (Å²) in [6, 6.07) is 6.94. The number of fused-ring (bicyclic) bond motifs is 1. The van der Waals surface area contributed by atoms with E-state index in [0.29, 0.717) is 37.0 Å². The molecule has 1 aliphatic rings. The summed E-state index contributed by atoms with van der Waals surface area (Å²) in [5, 5.41) is 3.11. The Morgan fingerprint density at radius 1 is 1.27 bits per heavy atom. The van der Waals surface area contributed by atoms with Crippen LogP contribution in [0, 0.1) is 5.92 Å². The molecule has 1 aromatic heterocycles. The fourth-order valence-corrected chi connectivity index (χ4v) is 3.55. The maximum Gasteiger partial charge on any atom is 0.310 e. The molecule has 0 aliphatic carbocycles. The summed E-state index contributed by atoms with van der Waals surface area (Å²) < 4.78 is 6.29. The van der Waals surface area contributed by atoms with Gasteiger partial charge >= 0.3 is 5.97 Å². The van der Waals surface area contributed by atoms with Crippen molar-refractivity contribution < 1.29 is 19.1 Å². The largest absolute Gasteiger partial charge is 0.466 e. The normalized spacial score (nSPS) is 16.3. The second-order valence-corrected chi connectivity index (χ2v) is 7.23. The number of esters is 1. The van der Waals surface area contributed by atoms with Crippen molar-refractivity contribution in [1.82, 2.24) is 19.8 Å². The molecule has 0 bridgehead atoms. The van der Waals surface area contributed by atoms with Crippen LogP contribution in [-0.4, -0.2) is 58.5 Å². The van der Waals surface area contributed by atoms with Crippen LogP contribution in [0.15, 0.2) is 35.4 Å². The summed E-state index contributed by atoms with van der Waals surface area (Å²) in [5.41, 5.74) is 0.289. The number of piperidine rings is 1. The van der Waals surface area contributed by atoms with E-state index in [9.17, 15) is 19.2 Å². The second kappa shape index (κ2) is 10.00. The number of rotatable bonds is 7. The minimum absolute atomic E-state index is 0.117. The smallest absolute Gasteiger partial charge is 0.310 e. The second-order valence-electron chi connectivity index (χ2n) is 7.23. The summed E-state index contributed by atoms with van der Waals surface area (Å²) in [7, 11) is 0. The van der Waals surface area contributed by atoms with Crippen LogP contribution in [0.2, 0.25) is 0 Å². The Hall–Kier alpha value is -3.23. The van der Waals surface area contributed by atoms with Gasteiger partial charge in [-0.1, -0.05) is 12.1 Å². The summed E-state index contributed by atoms with van der Waals surface area (Å²) in [4.78, 5) is 54.8. The van der Waals surface area contributed by atoms with Crippen LogP contribution in [0.4, 0.5) is 0 Å². The monoisotopic (exact) mass is 414 g/mol. The van der Waals surface area contributed by atoms with Gasteiger partial charge in [0.2, 0.25) is 11.8 Å². The molecule has 9 nitrogen and oxygen atoms in total. The zero-order valence-corrected chi connectivity index (χ0v) is 17.0. The number of carbonyl (C=O) groups is 3. The van der Waals surface area contributed by atoms with E-state index in [1.54, 1.807) is 36.1 Å². The van der Waals surface area contributed by atoms with Crippen molar-refractivity contribution in [2.75, 3.05) is 26.2 Å². The minimum Gasteiger partial charge on any atom is -0.466 e. The summed E-state index contributed by atoms with van der Waals surface area (Å²) in [5.74, 6) is -1.04. The number of ether oxygens (including phenoxy) is 1. The first-order valence-corrected chi connectivity index (χ1v) is 10.1. The van der Waals surface area contributed by atoms with E-state index in [-0.39, 0.29) is 48.8 Å². The van der Waals surface area contributed by atoms with E-state index >= 15 is 0 Å². The van der Waals surface area contributed by atoms with E-state index in [0.717, 1.165) is 6.42 Å². The third-order valence-corrected chi connectivity index (χ3v) is 5.10. The number of para-hydroxylation sites is 1. The lowest BCUT2D eigenvalue weighted by Gasteiger charge is -2.31. The topological polar surface area (TPSA) is 111 Å². The van der Waals surface area contributed by atoms with E-state index in [4.69, 9.17) is 4.74 Å². The van der Waals surface area contributed by atoms with Crippen molar-refractivity contribution in [1.29, 1.82) is 0 Å². The predicted octanol–water partition coefficient (Wildman–Crippen LogP) is 0.705. The summed E-state index contributed by atoms with van der Waals surface area (Å²) in [6.45, 7) is 3.03. The van der Waals surface area contributed by atoms with Crippen LogP contribution < -0.4 is 10.9 Å². The highest BCUT2D eigenvalue weighted by molar-refractivity contribution is 5.81. The molecule has 3 rings (SSSR count). The number of aromatic nitrogens is 2. The Balaban J connectivity index is 1.47. The van der Waals surface area contributed by atoms with Gasteiger partial charge in [-0.15, -0.1) is 0 Å². The average Bonchev–Trinajstić information content (AvgIpc) is 2.76. The van der Waals surface area contributed by atoms with Gasteiger partial charge in [-0.2, -0.15) is 0 Å². The number of nitrogens with one attached hydrogen (secondary N) is 1. The molecule has 1 aromatic carbocycles. The van der Waals surface area contributed by atoms with Gasteiger partial charge < -0.3 is 15.0 Å². The molecule has 1 saturated heterocycles. The van der Waals surface area contributed by atoms with Crippen molar-refractivity contribution in [2.45, 2.75) is 32.7 Å². The molecule has 30 heavy (non-hydrogen) atoms. The molecule has 2 heterocycles. The van der Waals surface area contributed by atoms with Gasteiger partial charge in [-0.25, -0.2) is 4.98 Å². The third-order valence-electron chi connectivity index (χ3n) is 5.10. The summed E-state index contributed by atoms with van der Waals surface area (Å²) >= 11 is 0. The van der Waals surface area contributed by atoms with Crippen LogP contribution >= 0.6 is 0 Å². The Kier molecular flexibility index (Phi) is 7.16. The zero-order chi connectivity index (χ0) is 21.5. The first-order valence-electron chi connectivity index (χ1n) is 10.1. The predicted molar refractivity (Wildman–Crippen MR) is 110 cm³/mol. The highest BCUT2D eigenvalue weighted by Crippen LogP contribution is 2.18. The van der Waals surface area contributed by atoms with E-state index < -0.39 is 0 Å². The molecule has 9 heteroatoms. The molecule has 1 aliphatic heterocycles. The molecule has 1 atom stereocenters. The van der Waals surface area contributed by atoms with E-state index in [2.05, 4.69) is 10.3 Å². The van der Waals surface area contributed by atoms with Crippen molar-refractivity contribution >= 4 is 28.7 Å². The number of likely N-dealkylation sites (tertiary alicyclic amines) is 1. The molecule has 1 N–H and O–H groups in total. The Labute approximate surface area is 174 Å².